The first-order valence-electron chi connectivity index (χ1n) is 6.40. The topological polar surface area (TPSA) is 64.4 Å². The normalized spacial score (nSPS) is 20.7. The Bertz CT molecular complexity index is 191. The fraction of sp³-hybridized carbons (Fsp3) is 0.917. The smallest absolute Gasteiger partial charge is 0.220 e. The summed E-state index contributed by atoms with van der Waals surface area (Å²) >= 11 is 0. The maximum Gasteiger partial charge on any atom is 0.220 e. The van der Waals surface area contributed by atoms with Gasteiger partial charge in [-0.2, -0.15) is 0 Å². The highest BCUT2D eigenvalue weighted by atomic mass is 16.5. The molecule has 1 amide bonds. The van der Waals surface area contributed by atoms with Crippen LogP contribution in [0.2, 0.25) is 0 Å². The van der Waals surface area contributed by atoms with E-state index in [0.717, 1.165) is 51.7 Å². The highest BCUT2D eigenvalue weighted by Crippen LogP contribution is 2.07. The highest BCUT2D eigenvalue weighted by molar-refractivity contribution is 5.76. The van der Waals surface area contributed by atoms with Crippen molar-refractivity contribution in [2.24, 2.45) is 5.73 Å². The molecule has 0 bridgehead atoms. The zero-order chi connectivity index (χ0) is 11.6. The van der Waals surface area contributed by atoms with Crippen LogP contribution in [0.1, 0.15) is 44.9 Å². The predicted octanol–water partition coefficient (Wildman–Crippen LogP) is 1.19. The Morgan fingerprint density at radius 1 is 1.31 bits per heavy atom. The number of nitrogens with two attached hydrogens (primary N) is 1. The minimum absolute atomic E-state index is 0.170. The van der Waals surface area contributed by atoms with E-state index < -0.39 is 0 Å². The number of nitrogens with one attached hydrogen (secondary N) is 1. The summed E-state index contributed by atoms with van der Waals surface area (Å²) in [5.74, 6) is 0.170. The summed E-state index contributed by atoms with van der Waals surface area (Å²) in [6, 6.07) is 0.241. The molecule has 0 aromatic carbocycles. The molecular formula is C12H24N2O2. The molecular weight excluding hydrogens is 204 g/mol. The third-order valence-corrected chi connectivity index (χ3v) is 2.88. The number of carbonyl (C=O) groups excluding carboxylic acids is 1. The number of rotatable bonds is 7. The van der Waals surface area contributed by atoms with Gasteiger partial charge in [-0.25, -0.2) is 0 Å². The van der Waals surface area contributed by atoms with Crippen LogP contribution in [0.3, 0.4) is 0 Å². The molecule has 0 saturated carbocycles. The molecule has 1 atom stereocenters. The van der Waals surface area contributed by atoms with Crippen LogP contribution in [0.15, 0.2) is 0 Å². The molecule has 1 aliphatic heterocycles. The standard InChI is InChI=1S/C12H24N2O2/c13-8-4-2-1-3-7-12(15)14-11-6-5-9-16-10-11/h11H,1-10,13H2,(H,14,15). The van der Waals surface area contributed by atoms with E-state index in [0.29, 0.717) is 13.0 Å². The summed E-state index contributed by atoms with van der Waals surface area (Å²) in [7, 11) is 0. The monoisotopic (exact) mass is 228 g/mol. The van der Waals surface area contributed by atoms with Crippen LogP contribution >= 0.6 is 0 Å². The first kappa shape index (κ1) is 13.5. The predicted molar refractivity (Wildman–Crippen MR) is 64.1 cm³/mol. The molecule has 1 unspecified atom stereocenters. The molecule has 0 radical (unpaired) electrons. The van der Waals surface area contributed by atoms with Gasteiger partial charge in [-0.3, -0.25) is 4.79 Å². The number of hydrogen-bond acceptors (Lipinski definition) is 3. The quantitative estimate of drug-likeness (QED) is 0.643. The minimum atomic E-state index is 0.170. The molecule has 1 fully saturated rings. The van der Waals surface area contributed by atoms with Crippen molar-refractivity contribution < 1.29 is 9.53 Å². The number of hydrogen-bond donors (Lipinski definition) is 2. The van der Waals surface area contributed by atoms with Crippen molar-refractivity contribution in [1.29, 1.82) is 0 Å². The summed E-state index contributed by atoms with van der Waals surface area (Å²) < 4.78 is 5.31. The van der Waals surface area contributed by atoms with Gasteiger partial charge in [-0.1, -0.05) is 12.8 Å². The highest BCUT2D eigenvalue weighted by Gasteiger charge is 2.15. The molecule has 1 aliphatic rings. The summed E-state index contributed by atoms with van der Waals surface area (Å²) in [5.41, 5.74) is 5.40. The minimum Gasteiger partial charge on any atom is -0.379 e. The van der Waals surface area contributed by atoms with E-state index in [1.54, 1.807) is 0 Å². The van der Waals surface area contributed by atoms with E-state index >= 15 is 0 Å². The van der Waals surface area contributed by atoms with E-state index in [9.17, 15) is 4.79 Å². The summed E-state index contributed by atoms with van der Waals surface area (Å²) in [6.07, 6.45) is 7.03. The number of ether oxygens (including phenoxy) is 1. The zero-order valence-corrected chi connectivity index (χ0v) is 10.0. The van der Waals surface area contributed by atoms with Gasteiger partial charge in [-0.05, 0) is 32.2 Å². The zero-order valence-electron chi connectivity index (χ0n) is 10.0. The Morgan fingerprint density at radius 3 is 2.81 bits per heavy atom. The van der Waals surface area contributed by atoms with E-state index in [1.165, 1.54) is 0 Å². The number of amides is 1. The van der Waals surface area contributed by atoms with Crippen LogP contribution in [0.5, 0.6) is 0 Å². The molecule has 1 heterocycles. The Labute approximate surface area is 97.9 Å². The van der Waals surface area contributed by atoms with Gasteiger partial charge in [0, 0.05) is 13.0 Å². The van der Waals surface area contributed by atoms with Crippen LogP contribution in [-0.2, 0) is 9.53 Å². The Balaban J connectivity index is 1.97. The van der Waals surface area contributed by atoms with E-state index in [-0.39, 0.29) is 11.9 Å². The molecule has 1 saturated heterocycles. The first-order valence-corrected chi connectivity index (χ1v) is 6.40. The van der Waals surface area contributed by atoms with Crippen molar-refractivity contribution >= 4 is 5.91 Å². The summed E-state index contributed by atoms with van der Waals surface area (Å²) in [6.45, 7) is 2.27. The molecule has 3 N–H and O–H groups in total. The van der Waals surface area contributed by atoms with Crippen LogP contribution in [0.25, 0.3) is 0 Å². The Hall–Kier alpha value is -0.610. The van der Waals surface area contributed by atoms with E-state index in [1.807, 2.05) is 0 Å². The van der Waals surface area contributed by atoms with Crippen molar-refractivity contribution in [3.63, 3.8) is 0 Å². The molecule has 4 heteroatoms. The summed E-state index contributed by atoms with van der Waals surface area (Å²) in [5, 5.41) is 3.02. The van der Waals surface area contributed by atoms with Crippen LogP contribution in [0.4, 0.5) is 0 Å². The van der Waals surface area contributed by atoms with Crippen LogP contribution in [-0.4, -0.2) is 31.7 Å². The van der Waals surface area contributed by atoms with Crippen molar-refractivity contribution in [3.8, 4) is 0 Å². The van der Waals surface area contributed by atoms with Gasteiger partial charge in [0.2, 0.25) is 5.91 Å². The molecule has 0 spiro atoms. The van der Waals surface area contributed by atoms with Gasteiger partial charge in [-0.15, -0.1) is 0 Å². The lowest BCUT2D eigenvalue weighted by molar-refractivity contribution is -0.122. The average Bonchev–Trinajstić information content (AvgIpc) is 2.30. The fourth-order valence-corrected chi connectivity index (χ4v) is 1.94. The average molecular weight is 228 g/mol. The maximum atomic E-state index is 11.6. The van der Waals surface area contributed by atoms with Gasteiger partial charge < -0.3 is 15.8 Å². The molecule has 0 aromatic heterocycles. The van der Waals surface area contributed by atoms with Crippen molar-refractivity contribution in [2.45, 2.75) is 51.0 Å². The number of unbranched alkanes of at least 4 members (excludes halogenated alkanes) is 3. The largest absolute Gasteiger partial charge is 0.379 e. The molecule has 16 heavy (non-hydrogen) atoms. The van der Waals surface area contributed by atoms with Crippen LogP contribution in [0, 0.1) is 0 Å². The second-order valence-electron chi connectivity index (χ2n) is 4.43. The Kier molecular flexibility index (Phi) is 7.17. The van der Waals surface area contributed by atoms with Gasteiger partial charge >= 0.3 is 0 Å². The molecule has 1 rings (SSSR count). The van der Waals surface area contributed by atoms with Crippen LogP contribution < -0.4 is 11.1 Å². The van der Waals surface area contributed by atoms with Crippen molar-refractivity contribution in [3.05, 3.63) is 0 Å². The van der Waals surface area contributed by atoms with Gasteiger partial charge in [0.05, 0.1) is 12.6 Å². The van der Waals surface area contributed by atoms with E-state index in [4.69, 9.17) is 10.5 Å². The fourth-order valence-electron chi connectivity index (χ4n) is 1.94. The van der Waals surface area contributed by atoms with Crippen molar-refractivity contribution in [2.75, 3.05) is 19.8 Å². The second-order valence-corrected chi connectivity index (χ2v) is 4.43. The van der Waals surface area contributed by atoms with Crippen molar-refractivity contribution in [1.82, 2.24) is 5.32 Å². The second kappa shape index (κ2) is 8.53. The molecule has 0 aliphatic carbocycles. The number of carbonyl (C=O) groups is 1. The Morgan fingerprint density at radius 2 is 2.12 bits per heavy atom. The molecule has 94 valence electrons. The SMILES string of the molecule is NCCCCCCC(=O)NC1CCCOC1. The van der Waals surface area contributed by atoms with E-state index in [2.05, 4.69) is 5.32 Å². The lowest BCUT2D eigenvalue weighted by Crippen LogP contribution is -2.40. The molecule has 0 aromatic rings. The third kappa shape index (κ3) is 6.08. The lowest BCUT2D eigenvalue weighted by atomic mass is 10.1. The first-order chi connectivity index (χ1) is 7.83. The van der Waals surface area contributed by atoms with Gasteiger partial charge in [0.15, 0.2) is 0 Å². The summed E-state index contributed by atoms with van der Waals surface area (Å²) in [4.78, 5) is 11.6. The lowest BCUT2D eigenvalue weighted by Gasteiger charge is -2.23. The third-order valence-electron chi connectivity index (χ3n) is 2.88. The molecule has 4 nitrogen and oxygen atoms in total. The van der Waals surface area contributed by atoms with Gasteiger partial charge in [0.25, 0.3) is 0 Å². The van der Waals surface area contributed by atoms with Gasteiger partial charge in [0.1, 0.15) is 0 Å². The maximum absolute atomic E-state index is 11.6.